The molecule has 0 atom stereocenters. The van der Waals surface area contributed by atoms with E-state index in [9.17, 15) is 0 Å². The van der Waals surface area contributed by atoms with Gasteiger partial charge in [-0.05, 0) is 202 Å². The Balaban J connectivity index is 0.000000131. The molecule has 12 aromatic carbocycles. The average molecular weight is 1380 g/mol. The van der Waals surface area contributed by atoms with E-state index in [1.807, 2.05) is 48.5 Å². The Kier molecular flexibility index (Phi) is 14.4. The number of rotatable bonds is 6. The van der Waals surface area contributed by atoms with Gasteiger partial charge in [-0.3, -0.25) is 0 Å². The first-order valence-electron chi connectivity index (χ1n) is 29.5. The second-order valence-corrected chi connectivity index (χ2v) is 26.3. The minimum absolute atomic E-state index is 0.375. The first kappa shape index (κ1) is 56.1. The van der Waals surface area contributed by atoms with Crippen molar-refractivity contribution in [3.05, 3.63) is 279 Å². The van der Waals surface area contributed by atoms with Crippen LogP contribution in [0.2, 0.25) is 0 Å². The number of fused-ring (bicyclic) bond motifs is 12. The summed E-state index contributed by atoms with van der Waals surface area (Å²) < 4.78 is 33.3. The quantitative estimate of drug-likeness (QED) is 0.123. The predicted octanol–water partition coefficient (Wildman–Crippen LogP) is 22.5. The zero-order valence-corrected chi connectivity index (χ0v) is 54.0. The van der Waals surface area contributed by atoms with Gasteiger partial charge in [-0.2, -0.15) is 0 Å². The average Bonchev–Trinajstić information content (AvgIpc) is 1.88. The van der Waals surface area contributed by atoms with Gasteiger partial charge in [0.15, 0.2) is 0 Å². The first-order chi connectivity index (χ1) is 42.8. The normalized spacial score (nSPS) is 13.7. The number of hydrogen-bond donors (Lipinski definition) is 0. The van der Waals surface area contributed by atoms with E-state index in [4.69, 9.17) is 18.1 Å². The molecule has 88 heavy (non-hydrogen) atoms. The highest BCUT2D eigenvalue weighted by atomic mass is 127. The number of benzene rings is 12. The Morgan fingerprint density at radius 3 is 1.27 bits per heavy atom. The Hall–Kier alpha value is -8.49. The standard InChI is InChI=1S/C36H30BNO3.C36H22BrNO.C6H4BrI/c1-35(2)36(3,4)41-37(40-35)25-11-9-10-23(20-25)24-16-19-32-30(21-24)27-12-5-7-14-31(27)38(32)26-17-18-29-28-13-6-8-15-33(28)39-34(29)22-26;37-32-13-4-1-10-27(32)25-9-7-8-23(20-25)24-16-19-34-31(21-24)28-11-2-5-14-33(28)38(34)26-17-18-30-29-12-3-6-15-35(29)39-36(30)22-26;7-5-3-1-2-4-6(5)8/h5-22H,1-4H3;1-22H;1-4H. The third-order valence-electron chi connectivity index (χ3n) is 17.5. The van der Waals surface area contributed by atoms with E-state index >= 15 is 0 Å². The van der Waals surface area contributed by atoms with Gasteiger partial charge in [0, 0.05) is 79.1 Å². The molecule has 0 amide bonds. The van der Waals surface area contributed by atoms with Crippen LogP contribution in [-0.2, 0) is 9.31 Å². The van der Waals surface area contributed by atoms with Crippen molar-refractivity contribution in [1.82, 2.24) is 9.13 Å². The maximum atomic E-state index is 6.34. The number of para-hydroxylation sites is 4. The lowest BCUT2D eigenvalue weighted by molar-refractivity contribution is 0.00578. The molecule has 0 radical (unpaired) electrons. The SMILES string of the molecule is Brc1ccccc1-c1cccc(-c2ccc3c(c2)c2ccccc2n3-c2ccc3c(c2)oc2ccccc23)c1.Brc1ccccc1I.CC1(C)OB(c2cccc(-c3ccc4c(c3)c3ccccc3n4-c3ccc4c(c3)oc3ccccc34)c2)OC1(C)C. The minimum Gasteiger partial charge on any atom is -0.456 e. The van der Waals surface area contributed by atoms with Crippen molar-refractivity contribution in [2.24, 2.45) is 0 Å². The molecule has 1 aliphatic heterocycles. The van der Waals surface area contributed by atoms with Crippen molar-refractivity contribution in [1.29, 1.82) is 0 Å². The van der Waals surface area contributed by atoms with Gasteiger partial charge in [0.2, 0.25) is 0 Å². The summed E-state index contributed by atoms with van der Waals surface area (Å²) in [6, 6.07) is 94.1. The van der Waals surface area contributed by atoms with E-state index < -0.39 is 7.12 Å². The van der Waals surface area contributed by atoms with Crippen LogP contribution in [0.15, 0.2) is 285 Å². The summed E-state index contributed by atoms with van der Waals surface area (Å²) in [5, 5.41) is 9.47. The van der Waals surface area contributed by atoms with Crippen molar-refractivity contribution in [2.45, 2.75) is 38.9 Å². The lowest BCUT2D eigenvalue weighted by Crippen LogP contribution is -2.41. The lowest BCUT2D eigenvalue weighted by Gasteiger charge is -2.32. The highest BCUT2D eigenvalue weighted by Crippen LogP contribution is 2.42. The van der Waals surface area contributed by atoms with Gasteiger partial charge in [0.05, 0.1) is 33.3 Å². The first-order valence-corrected chi connectivity index (χ1v) is 32.1. The van der Waals surface area contributed by atoms with E-state index in [0.29, 0.717) is 0 Å². The van der Waals surface area contributed by atoms with Crippen LogP contribution in [0.1, 0.15) is 27.7 Å². The van der Waals surface area contributed by atoms with Crippen LogP contribution >= 0.6 is 54.5 Å². The van der Waals surface area contributed by atoms with Crippen LogP contribution in [0.3, 0.4) is 0 Å². The molecular formula is C78H56BBr2IN2O4. The molecule has 10 heteroatoms. The number of aromatic nitrogens is 2. The Labute approximate surface area is 540 Å². The largest absolute Gasteiger partial charge is 0.494 e. The van der Waals surface area contributed by atoms with Crippen LogP contribution in [0, 0.1) is 3.57 Å². The highest BCUT2D eigenvalue weighted by Gasteiger charge is 2.51. The summed E-state index contributed by atoms with van der Waals surface area (Å²) in [4.78, 5) is 0. The van der Waals surface area contributed by atoms with Crippen LogP contribution in [0.5, 0.6) is 0 Å². The number of hydrogen-bond acceptors (Lipinski definition) is 4. The second kappa shape index (κ2) is 22.6. The molecule has 0 spiro atoms. The maximum Gasteiger partial charge on any atom is 0.494 e. The molecule has 6 nitrogen and oxygen atoms in total. The van der Waals surface area contributed by atoms with Crippen molar-refractivity contribution in [3.63, 3.8) is 0 Å². The van der Waals surface area contributed by atoms with Gasteiger partial charge < -0.3 is 27.3 Å². The molecule has 1 aliphatic rings. The zero-order valence-electron chi connectivity index (χ0n) is 48.6. The summed E-state index contributed by atoms with van der Waals surface area (Å²) in [6.45, 7) is 8.36. The zero-order chi connectivity index (χ0) is 59.8. The summed E-state index contributed by atoms with van der Waals surface area (Å²) in [6.07, 6.45) is 0. The van der Waals surface area contributed by atoms with Gasteiger partial charge in [-0.1, -0.05) is 174 Å². The van der Waals surface area contributed by atoms with Crippen LogP contribution in [-0.4, -0.2) is 27.5 Å². The minimum atomic E-state index is -0.390. The van der Waals surface area contributed by atoms with E-state index in [0.717, 1.165) is 81.8 Å². The molecule has 16 aromatic rings. The van der Waals surface area contributed by atoms with Crippen molar-refractivity contribution in [3.8, 4) is 44.8 Å². The lowest BCUT2D eigenvalue weighted by atomic mass is 9.78. The van der Waals surface area contributed by atoms with Crippen LogP contribution in [0.25, 0.3) is 132 Å². The second-order valence-electron chi connectivity index (χ2n) is 23.4. The number of furan rings is 2. The molecule has 0 saturated carbocycles. The molecular weight excluding hydrogens is 1330 g/mol. The smallest absolute Gasteiger partial charge is 0.456 e. The number of halogens is 3. The topological polar surface area (TPSA) is 54.6 Å². The summed E-state index contributed by atoms with van der Waals surface area (Å²) in [7, 11) is -0.390. The van der Waals surface area contributed by atoms with E-state index in [1.165, 1.54) is 68.4 Å². The molecule has 1 saturated heterocycles. The van der Waals surface area contributed by atoms with E-state index in [-0.39, 0.29) is 11.2 Å². The predicted molar refractivity (Wildman–Crippen MR) is 383 cm³/mol. The monoisotopic (exact) mass is 1380 g/mol. The summed E-state index contributed by atoms with van der Waals surface area (Å²) in [5.41, 5.74) is 17.9. The van der Waals surface area contributed by atoms with Crippen molar-refractivity contribution < 1.29 is 18.1 Å². The van der Waals surface area contributed by atoms with Gasteiger partial charge >= 0.3 is 7.12 Å². The van der Waals surface area contributed by atoms with Gasteiger partial charge in [-0.15, -0.1) is 0 Å². The Bertz CT molecular complexity index is 5350. The van der Waals surface area contributed by atoms with E-state index in [1.54, 1.807) is 0 Å². The fourth-order valence-corrected chi connectivity index (χ4v) is 13.6. The summed E-state index contributed by atoms with van der Waals surface area (Å²) in [5.74, 6) is 0. The van der Waals surface area contributed by atoms with Crippen LogP contribution < -0.4 is 5.46 Å². The molecule has 0 unspecified atom stereocenters. The molecule has 17 rings (SSSR count). The van der Waals surface area contributed by atoms with Gasteiger partial charge in [0.25, 0.3) is 0 Å². The number of nitrogens with zero attached hydrogens (tertiary/aromatic N) is 2. The molecule has 1 fully saturated rings. The molecule has 5 heterocycles. The van der Waals surface area contributed by atoms with E-state index in [2.05, 4.69) is 310 Å². The third kappa shape index (κ3) is 10.0. The highest BCUT2D eigenvalue weighted by molar-refractivity contribution is 14.1. The van der Waals surface area contributed by atoms with Gasteiger partial charge in [0.1, 0.15) is 22.3 Å². The fourth-order valence-electron chi connectivity index (χ4n) is 12.4. The maximum absolute atomic E-state index is 6.34. The van der Waals surface area contributed by atoms with Crippen molar-refractivity contribution >= 4 is 155 Å². The molecule has 0 aliphatic carbocycles. The molecule has 0 N–H and O–H groups in total. The molecule has 0 bridgehead atoms. The fraction of sp³-hybridized carbons (Fsp3) is 0.0769. The van der Waals surface area contributed by atoms with Crippen LogP contribution in [0.4, 0.5) is 0 Å². The van der Waals surface area contributed by atoms with Gasteiger partial charge in [-0.25, -0.2) is 0 Å². The third-order valence-corrected chi connectivity index (χ3v) is 20.6. The Morgan fingerprint density at radius 1 is 0.330 bits per heavy atom. The molecule has 4 aromatic heterocycles. The Morgan fingerprint density at radius 2 is 0.750 bits per heavy atom. The molecule has 426 valence electrons. The van der Waals surface area contributed by atoms with Crippen molar-refractivity contribution in [2.75, 3.05) is 0 Å². The summed E-state index contributed by atoms with van der Waals surface area (Å²) >= 11 is 9.38.